The van der Waals surface area contributed by atoms with Gasteiger partial charge in [-0.1, -0.05) is 0 Å². The molecule has 0 saturated carbocycles. The molecule has 8 heteroatoms. The summed E-state index contributed by atoms with van der Waals surface area (Å²) >= 11 is 4.51. The van der Waals surface area contributed by atoms with Crippen LogP contribution in [0.1, 0.15) is 27.4 Å². The topological polar surface area (TPSA) is 46.2 Å². The highest BCUT2D eigenvalue weighted by molar-refractivity contribution is 9.10. The Balaban J connectivity index is 2.42. The molecule has 1 aromatic rings. The van der Waals surface area contributed by atoms with Gasteiger partial charge in [-0.25, -0.2) is 0 Å². The first-order valence-electron chi connectivity index (χ1n) is 5.31. The molecule has 1 heterocycles. The highest BCUT2D eigenvalue weighted by Gasteiger charge is 2.27. The first kappa shape index (κ1) is 16.2. The van der Waals surface area contributed by atoms with Crippen LogP contribution in [0.25, 0.3) is 0 Å². The van der Waals surface area contributed by atoms with Crippen LogP contribution in [0.2, 0.25) is 0 Å². The van der Waals surface area contributed by atoms with Gasteiger partial charge in [0.15, 0.2) is 5.78 Å². The highest BCUT2D eigenvalue weighted by Crippen LogP contribution is 2.28. The predicted molar refractivity (Wildman–Crippen MR) is 69.4 cm³/mol. The molecule has 3 nitrogen and oxygen atoms in total. The van der Waals surface area contributed by atoms with Crippen molar-refractivity contribution in [2.24, 2.45) is 0 Å². The SMILES string of the molecule is Cc1cc(Br)c(C(=O)CCC(=O)NCC(F)(F)F)s1. The summed E-state index contributed by atoms with van der Waals surface area (Å²) in [6.07, 6.45) is -4.80. The molecule has 0 aliphatic carbocycles. The minimum atomic E-state index is -4.44. The Labute approximate surface area is 120 Å². The van der Waals surface area contributed by atoms with Crippen molar-refractivity contribution in [3.8, 4) is 0 Å². The van der Waals surface area contributed by atoms with Crippen molar-refractivity contribution in [3.05, 3.63) is 20.3 Å². The van der Waals surface area contributed by atoms with E-state index in [1.165, 1.54) is 11.3 Å². The maximum atomic E-state index is 11.8. The molecule has 1 amide bonds. The van der Waals surface area contributed by atoms with E-state index in [4.69, 9.17) is 0 Å². The molecular formula is C11H11BrF3NO2S. The summed E-state index contributed by atoms with van der Waals surface area (Å²) in [4.78, 5) is 24.3. The monoisotopic (exact) mass is 357 g/mol. The fourth-order valence-electron chi connectivity index (χ4n) is 1.30. The number of carbonyl (C=O) groups is 2. The summed E-state index contributed by atoms with van der Waals surface area (Å²) in [5, 5.41) is 1.72. The van der Waals surface area contributed by atoms with Crippen molar-refractivity contribution in [3.63, 3.8) is 0 Å². The minimum Gasteiger partial charge on any atom is -0.347 e. The van der Waals surface area contributed by atoms with Crippen LogP contribution in [-0.2, 0) is 4.79 Å². The molecule has 1 aromatic heterocycles. The second-order valence-electron chi connectivity index (χ2n) is 3.85. The Bertz CT molecular complexity index is 485. The van der Waals surface area contributed by atoms with Crippen LogP contribution in [0.3, 0.4) is 0 Å². The number of nitrogens with one attached hydrogen (secondary N) is 1. The summed E-state index contributed by atoms with van der Waals surface area (Å²) in [7, 11) is 0. The molecule has 106 valence electrons. The predicted octanol–water partition coefficient (Wildman–Crippen LogP) is 3.46. The molecule has 0 fully saturated rings. The fraction of sp³-hybridized carbons (Fsp3) is 0.455. The van der Waals surface area contributed by atoms with Crippen molar-refractivity contribution >= 4 is 39.0 Å². The Morgan fingerprint density at radius 1 is 1.37 bits per heavy atom. The van der Waals surface area contributed by atoms with Crippen LogP contribution in [0, 0.1) is 6.92 Å². The number of aryl methyl sites for hydroxylation is 1. The number of thiophene rings is 1. The molecule has 0 bridgehead atoms. The van der Waals surface area contributed by atoms with Crippen LogP contribution in [-0.4, -0.2) is 24.4 Å². The van der Waals surface area contributed by atoms with Crippen LogP contribution < -0.4 is 5.32 Å². The van der Waals surface area contributed by atoms with E-state index >= 15 is 0 Å². The van der Waals surface area contributed by atoms with Gasteiger partial charge in [-0.3, -0.25) is 9.59 Å². The zero-order valence-electron chi connectivity index (χ0n) is 9.94. The third kappa shape index (κ3) is 5.73. The van der Waals surface area contributed by atoms with Crippen LogP contribution in [0.5, 0.6) is 0 Å². The number of hydrogen-bond donors (Lipinski definition) is 1. The summed E-state index contributed by atoms with van der Waals surface area (Å²) < 4.78 is 36.2. The number of carbonyl (C=O) groups excluding carboxylic acids is 2. The lowest BCUT2D eigenvalue weighted by Crippen LogP contribution is -2.33. The zero-order valence-corrected chi connectivity index (χ0v) is 12.3. The van der Waals surface area contributed by atoms with Crippen molar-refractivity contribution < 1.29 is 22.8 Å². The number of alkyl halides is 3. The largest absolute Gasteiger partial charge is 0.405 e. The molecule has 1 rings (SSSR count). The van der Waals surface area contributed by atoms with E-state index in [0.29, 0.717) is 9.35 Å². The molecule has 0 spiro atoms. The lowest BCUT2D eigenvalue weighted by atomic mass is 10.2. The first-order chi connectivity index (χ1) is 8.69. The number of amides is 1. The standard InChI is InChI=1S/C11H11BrF3NO2S/c1-6-4-7(12)10(19-6)8(17)2-3-9(18)16-5-11(13,14)15/h4H,2-3,5H2,1H3,(H,16,18). The van der Waals surface area contributed by atoms with Crippen LogP contribution in [0.15, 0.2) is 10.5 Å². The highest BCUT2D eigenvalue weighted by atomic mass is 79.9. The molecule has 0 unspecified atom stereocenters. The van der Waals surface area contributed by atoms with E-state index in [1.807, 2.05) is 6.92 Å². The molecule has 0 saturated heterocycles. The summed E-state index contributed by atoms with van der Waals surface area (Å²) in [6.45, 7) is 0.462. The van der Waals surface area contributed by atoms with Gasteiger partial charge >= 0.3 is 6.18 Å². The van der Waals surface area contributed by atoms with E-state index < -0.39 is 18.6 Å². The van der Waals surface area contributed by atoms with Gasteiger partial charge in [0.2, 0.25) is 5.91 Å². The van der Waals surface area contributed by atoms with Gasteiger partial charge < -0.3 is 5.32 Å². The molecule has 0 atom stereocenters. The average Bonchev–Trinajstić information content (AvgIpc) is 2.61. The number of rotatable bonds is 5. The van der Waals surface area contributed by atoms with E-state index in [-0.39, 0.29) is 18.6 Å². The third-order valence-corrected chi connectivity index (χ3v) is 4.11. The normalized spacial score (nSPS) is 11.4. The quantitative estimate of drug-likeness (QED) is 0.820. The summed E-state index contributed by atoms with van der Waals surface area (Å²) in [5.74, 6) is -1.04. The smallest absolute Gasteiger partial charge is 0.347 e. The molecule has 19 heavy (non-hydrogen) atoms. The van der Waals surface area contributed by atoms with E-state index in [0.717, 1.165) is 4.88 Å². The van der Waals surface area contributed by atoms with Gasteiger partial charge in [-0.15, -0.1) is 11.3 Å². The number of hydrogen-bond acceptors (Lipinski definition) is 3. The first-order valence-corrected chi connectivity index (χ1v) is 6.92. The molecular weight excluding hydrogens is 347 g/mol. The third-order valence-electron chi connectivity index (χ3n) is 2.13. The summed E-state index contributed by atoms with van der Waals surface area (Å²) in [5.41, 5.74) is 0. The van der Waals surface area contributed by atoms with Gasteiger partial charge in [0, 0.05) is 22.2 Å². The number of halogens is 4. The fourth-order valence-corrected chi connectivity index (χ4v) is 3.13. The lowest BCUT2D eigenvalue weighted by Gasteiger charge is -2.07. The Kier molecular flexibility index (Phi) is 5.54. The van der Waals surface area contributed by atoms with Gasteiger partial charge in [0.25, 0.3) is 0 Å². The summed E-state index contributed by atoms with van der Waals surface area (Å²) in [6, 6.07) is 1.78. The molecule has 0 aliphatic rings. The molecule has 1 N–H and O–H groups in total. The van der Waals surface area contributed by atoms with Gasteiger partial charge in [0.05, 0.1) is 4.88 Å². The van der Waals surface area contributed by atoms with E-state index in [9.17, 15) is 22.8 Å². The second kappa shape index (κ2) is 6.51. The Morgan fingerprint density at radius 3 is 2.47 bits per heavy atom. The lowest BCUT2D eigenvalue weighted by molar-refractivity contribution is -0.138. The second-order valence-corrected chi connectivity index (χ2v) is 5.96. The molecule has 0 aliphatic heterocycles. The maximum Gasteiger partial charge on any atom is 0.405 e. The maximum absolute atomic E-state index is 11.8. The Hall–Kier alpha value is -0.890. The van der Waals surface area contributed by atoms with Crippen LogP contribution >= 0.6 is 27.3 Å². The minimum absolute atomic E-state index is 0.109. The average molecular weight is 358 g/mol. The molecule has 0 radical (unpaired) electrons. The van der Waals surface area contributed by atoms with Crippen molar-refractivity contribution in [1.82, 2.24) is 5.32 Å². The number of ketones is 1. The van der Waals surface area contributed by atoms with Gasteiger partial charge in [0.1, 0.15) is 6.54 Å². The number of Topliss-reactive ketones (excluding diaryl/α,β-unsaturated/α-hetero) is 1. The van der Waals surface area contributed by atoms with Crippen molar-refractivity contribution in [2.75, 3.05) is 6.54 Å². The van der Waals surface area contributed by atoms with E-state index in [1.54, 1.807) is 11.4 Å². The van der Waals surface area contributed by atoms with Gasteiger partial charge in [-0.2, -0.15) is 13.2 Å². The van der Waals surface area contributed by atoms with Crippen molar-refractivity contribution in [1.29, 1.82) is 0 Å². The van der Waals surface area contributed by atoms with Crippen LogP contribution in [0.4, 0.5) is 13.2 Å². The molecule has 0 aromatic carbocycles. The van der Waals surface area contributed by atoms with E-state index in [2.05, 4.69) is 15.9 Å². The van der Waals surface area contributed by atoms with Gasteiger partial charge in [-0.05, 0) is 28.9 Å². The zero-order chi connectivity index (χ0) is 14.6. The Morgan fingerprint density at radius 2 is 2.00 bits per heavy atom. The van der Waals surface area contributed by atoms with Crippen molar-refractivity contribution in [2.45, 2.75) is 25.9 Å².